The molecule has 0 aliphatic heterocycles. The molecule has 2 aromatic heterocycles. The molecule has 0 saturated heterocycles. The third-order valence-electron chi connectivity index (χ3n) is 3.87. The van der Waals surface area contributed by atoms with Crippen LogP contribution >= 0.6 is 11.6 Å². The molecule has 5 nitrogen and oxygen atoms in total. The van der Waals surface area contributed by atoms with Crippen LogP contribution in [0.15, 0.2) is 0 Å². The van der Waals surface area contributed by atoms with E-state index in [4.69, 9.17) is 16.6 Å². The minimum atomic E-state index is -0.125. The summed E-state index contributed by atoms with van der Waals surface area (Å²) in [6, 6.07) is 0.316. The molecule has 0 saturated carbocycles. The highest BCUT2D eigenvalue weighted by atomic mass is 35.5. The van der Waals surface area contributed by atoms with E-state index in [1.807, 2.05) is 25.6 Å². The van der Waals surface area contributed by atoms with Gasteiger partial charge in [0.1, 0.15) is 11.3 Å². The quantitative estimate of drug-likeness (QED) is 0.796. The minimum absolute atomic E-state index is 0.125. The maximum atomic E-state index is 6.40. The number of likely N-dealkylation sites (N-methyl/N-ethyl adjacent to an activating group) is 1. The fourth-order valence-corrected chi connectivity index (χ4v) is 3.04. The highest BCUT2D eigenvalue weighted by Crippen LogP contribution is 2.32. The largest absolute Gasteiger partial charge is 0.307 e. The van der Waals surface area contributed by atoms with Crippen LogP contribution in [0, 0.1) is 12.8 Å². The Hall–Kier alpha value is -1.07. The summed E-state index contributed by atoms with van der Waals surface area (Å²) in [6.07, 6.45) is 0. The second kappa shape index (κ2) is 5.97. The summed E-state index contributed by atoms with van der Waals surface area (Å²) in [4.78, 5) is 6.98. The molecule has 21 heavy (non-hydrogen) atoms. The summed E-state index contributed by atoms with van der Waals surface area (Å²) in [5, 5.41) is 4.38. The van der Waals surface area contributed by atoms with E-state index >= 15 is 0 Å². The number of imidazole rings is 1. The van der Waals surface area contributed by atoms with Crippen LogP contribution in [0.4, 0.5) is 0 Å². The van der Waals surface area contributed by atoms with E-state index in [0.29, 0.717) is 12.0 Å². The first-order valence-corrected chi connectivity index (χ1v) is 7.87. The van der Waals surface area contributed by atoms with Crippen LogP contribution in [0.1, 0.15) is 43.7 Å². The standard InChI is InChI=1S/C15H26ClN5/c1-9(2)12(8-19(5)6)21-14(10(3)16)17-13-11(4)18-20(7)15(13)21/h9-10,12H,8H2,1-7H3. The van der Waals surface area contributed by atoms with Gasteiger partial charge in [-0.25, -0.2) is 4.98 Å². The van der Waals surface area contributed by atoms with Crippen molar-refractivity contribution in [2.24, 2.45) is 13.0 Å². The maximum Gasteiger partial charge on any atom is 0.159 e. The van der Waals surface area contributed by atoms with Crippen molar-refractivity contribution in [3.63, 3.8) is 0 Å². The number of nitrogens with zero attached hydrogens (tertiary/aromatic N) is 5. The lowest BCUT2D eigenvalue weighted by Gasteiger charge is -2.28. The summed E-state index contributed by atoms with van der Waals surface area (Å²) in [7, 11) is 6.17. The molecule has 2 unspecified atom stereocenters. The molecular formula is C15H26ClN5. The Bertz CT molecular complexity index is 624. The van der Waals surface area contributed by atoms with Gasteiger partial charge >= 0.3 is 0 Å². The van der Waals surface area contributed by atoms with Crippen LogP contribution in [-0.2, 0) is 7.05 Å². The van der Waals surface area contributed by atoms with Crippen LogP contribution in [0.2, 0.25) is 0 Å². The monoisotopic (exact) mass is 311 g/mol. The molecule has 2 rings (SSSR count). The van der Waals surface area contributed by atoms with Crippen molar-refractivity contribution in [2.75, 3.05) is 20.6 Å². The molecule has 0 aliphatic rings. The zero-order chi connectivity index (χ0) is 15.9. The molecule has 6 heteroatoms. The van der Waals surface area contributed by atoms with Gasteiger partial charge in [0.15, 0.2) is 5.65 Å². The van der Waals surface area contributed by atoms with Crippen LogP contribution in [-0.4, -0.2) is 44.9 Å². The second-order valence-electron chi connectivity index (χ2n) is 6.41. The van der Waals surface area contributed by atoms with Crippen LogP contribution in [0.25, 0.3) is 11.2 Å². The number of alkyl halides is 1. The average Bonchev–Trinajstić information content (AvgIpc) is 2.86. The first kappa shape index (κ1) is 16.3. The lowest BCUT2D eigenvalue weighted by atomic mass is 10.0. The van der Waals surface area contributed by atoms with Crippen molar-refractivity contribution in [3.8, 4) is 0 Å². The third-order valence-corrected chi connectivity index (χ3v) is 4.07. The second-order valence-corrected chi connectivity index (χ2v) is 7.07. The number of hydrogen-bond donors (Lipinski definition) is 0. The summed E-state index contributed by atoms with van der Waals surface area (Å²) in [5.41, 5.74) is 2.98. The SMILES string of the molecule is Cc1nn(C)c2c1nc(C(C)Cl)n2C(CN(C)C)C(C)C. The van der Waals surface area contributed by atoms with Crippen LogP contribution in [0.5, 0.6) is 0 Å². The molecule has 2 heterocycles. The van der Waals surface area contributed by atoms with E-state index in [1.54, 1.807) is 0 Å². The van der Waals surface area contributed by atoms with Crippen molar-refractivity contribution in [2.45, 2.75) is 39.1 Å². The molecule has 0 aromatic carbocycles. The lowest BCUT2D eigenvalue weighted by Crippen LogP contribution is -2.30. The van der Waals surface area contributed by atoms with Gasteiger partial charge in [-0.05, 0) is 33.9 Å². The average molecular weight is 312 g/mol. The van der Waals surface area contributed by atoms with E-state index in [9.17, 15) is 0 Å². The molecule has 0 fully saturated rings. The van der Waals surface area contributed by atoms with Crippen LogP contribution < -0.4 is 0 Å². The number of fused-ring (bicyclic) bond motifs is 1. The molecule has 0 bridgehead atoms. The number of hydrogen-bond acceptors (Lipinski definition) is 3. The molecule has 2 atom stereocenters. The molecule has 0 radical (unpaired) electrons. The fourth-order valence-electron chi connectivity index (χ4n) is 2.88. The van der Waals surface area contributed by atoms with Gasteiger partial charge in [0.2, 0.25) is 0 Å². The highest BCUT2D eigenvalue weighted by Gasteiger charge is 2.27. The normalized spacial score (nSPS) is 15.3. The van der Waals surface area contributed by atoms with E-state index in [2.05, 4.69) is 42.5 Å². The predicted octanol–water partition coefficient (Wildman–Crippen LogP) is 3.14. The Labute approximate surface area is 131 Å². The van der Waals surface area contributed by atoms with Crippen molar-refractivity contribution in [1.29, 1.82) is 0 Å². The van der Waals surface area contributed by atoms with Gasteiger partial charge in [0, 0.05) is 13.6 Å². The smallest absolute Gasteiger partial charge is 0.159 e. The third kappa shape index (κ3) is 2.94. The summed E-state index contributed by atoms with van der Waals surface area (Å²) in [6.45, 7) is 9.41. The molecule has 118 valence electrons. The molecular weight excluding hydrogens is 286 g/mol. The first-order valence-electron chi connectivity index (χ1n) is 7.44. The van der Waals surface area contributed by atoms with Gasteiger partial charge in [0.25, 0.3) is 0 Å². The first-order chi connectivity index (χ1) is 9.73. The Kier molecular flexibility index (Phi) is 4.63. The zero-order valence-corrected chi connectivity index (χ0v) is 14.8. The van der Waals surface area contributed by atoms with Gasteiger partial charge in [-0.3, -0.25) is 4.68 Å². The topological polar surface area (TPSA) is 38.9 Å². The van der Waals surface area contributed by atoms with Gasteiger partial charge < -0.3 is 9.47 Å². The minimum Gasteiger partial charge on any atom is -0.307 e. The number of aryl methyl sites for hydroxylation is 2. The number of rotatable bonds is 5. The Morgan fingerprint density at radius 3 is 2.33 bits per heavy atom. The van der Waals surface area contributed by atoms with E-state index in [1.165, 1.54) is 0 Å². The predicted molar refractivity (Wildman–Crippen MR) is 87.9 cm³/mol. The summed E-state index contributed by atoms with van der Waals surface area (Å²) < 4.78 is 4.21. The Morgan fingerprint density at radius 2 is 1.86 bits per heavy atom. The van der Waals surface area contributed by atoms with Crippen molar-refractivity contribution in [3.05, 3.63) is 11.5 Å². The maximum absolute atomic E-state index is 6.40. The van der Waals surface area contributed by atoms with E-state index in [-0.39, 0.29) is 5.38 Å². The Morgan fingerprint density at radius 1 is 1.24 bits per heavy atom. The van der Waals surface area contributed by atoms with Crippen molar-refractivity contribution < 1.29 is 0 Å². The van der Waals surface area contributed by atoms with Crippen molar-refractivity contribution >= 4 is 22.8 Å². The van der Waals surface area contributed by atoms with Crippen LogP contribution in [0.3, 0.4) is 0 Å². The van der Waals surface area contributed by atoms with E-state index in [0.717, 1.165) is 29.2 Å². The van der Waals surface area contributed by atoms with Gasteiger partial charge in [-0.15, -0.1) is 11.6 Å². The number of aromatic nitrogens is 4. The lowest BCUT2D eigenvalue weighted by molar-refractivity contribution is 0.267. The Balaban J connectivity index is 2.70. The molecule has 0 amide bonds. The fraction of sp³-hybridized carbons (Fsp3) is 0.733. The molecule has 0 spiro atoms. The molecule has 2 aromatic rings. The van der Waals surface area contributed by atoms with Crippen molar-refractivity contribution in [1.82, 2.24) is 24.2 Å². The molecule has 0 N–H and O–H groups in total. The zero-order valence-electron chi connectivity index (χ0n) is 14.1. The van der Waals surface area contributed by atoms with E-state index < -0.39 is 0 Å². The number of halogens is 1. The van der Waals surface area contributed by atoms with Gasteiger partial charge in [0.05, 0.1) is 17.1 Å². The summed E-state index contributed by atoms with van der Waals surface area (Å²) >= 11 is 6.40. The highest BCUT2D eigenvalue weighted by molar-refractivity contribution is 6.20. The molecule has 0 aliphatic carbocycles. The summed E-state index contributed by atoms with van der Waals surface area (Å²) in [5.74, 6) is 1.41. The van der Waals surface area contributed by atoms with Gasteiger partial charge in [-0.2, -0.15) is 5.10 Å². The van der Waals surface area contributed by atoms with Gasteiger partial charge in [-0.1, -0.05) is 13.8 Å².